The first-order valence-electron chi connectivity index (χ1n) is 3.90. The van der Waals surface area contributed by atoms with Crippen LogP contribution in [-0.4, -0.2) is 11.6 Å². The van der Waals surface area contributed by atoms with Crippen LogP contribution in [0, 0.1) is 0 Å². The third-order valence-electron chi connectivity index (χ3n) is 1.88. The summed E-state index contributed by atoms with van der Waals surface area (Å²) in [6.07, 6.45) is -0.803. The summed E-state index contributed by atoms with van der Waals surface area (Å²) in [6.45, 7) is 4.16. The third-order valence-corrected chi connectivity index (χ3v) is 1.88. The molecule has 0 aromatic rings. The Bertz CT molecular complexity index is 105. The van der Waals surface area contributed by atoms with E-state index >= 15 is 0 Å². The number of rotatable bonds is 4. The highest BCUT2D eigenvalue weighted by Crippen LogP contribution is 2.32. The van der Waals surface area contributed by atoms with Gasteiger partial charge in [0.1, 0.15) is 5.67 Å². The van der Waals surface area contributed by atoms with Gasteiger partial charge in [-0.3, -0.25) is 0 Å². The van der Waals surface area contributed by atoms with Crippen LogP contribution in [-0.2, 0) is 0 Å². The summed E-state index contributed by atoms with van der Waals surface area (Å²) < 4.78 is 38.2. The second-order valence-electron chi connectivity index (χ2n) is 3.15. The van der Waals surface area contributed by atoms with Gasteiger partial charge in [-0.15, -0.1) is 0 Å². The van der Waals surface area contributed by atoms with E-state index in [1.54, 1.807) is 6.92 Å². The Labute approximate surface area is 65.8 Å². The van der Waals surface area contributed by atoms with Crippen LogP contribution in [0.2, 0.25) is 0 Å². The Kier molecular flexibility index (Phi) is 3.39. The number of alkyl halides is 3. The molecule has 0 bridgehead atoms. The molecule has 11 heavy (non-hydrogen) atoms. The van der Waals surface area contributed by atoms with E-state index < -0.39 is 18.0 Å². The smallest absolute Gasteiger partial charge is 0.244 e. The summed E-state index contributed by atoms with van der Waals surface area (Å²) in [5.74, 6) is -2.85. The van der Waals surface area contributed by atoms with Gasteiger partial charge in [-0.25, -0.2) is 13.2 Å². The average molecular weight is 168 g/mol. The quantitative estimate of drug-likeness (QED) is 0.602. The van der Waals surface area contributed by atoms with Crippen LogP contribution in [0.1, 0.15) is 40.0 Å². The minimum Gasteiger partial charge on any atom is -0.244 e. The second kappa shape index (κ2) is 3.46. The van der Waals surface area contributed by atoms with Crippen molar-refractivity contribution >= 4 is 0 Å². The van der Waals surface area contributed by atoms with Gasteiger partial charge in [0.15, 0.2) is 0 Å². The number of halogens is 3. The fraction of sp³-hybridized carbons (Fsp3) is 1.00. The van der Waals surface area contributed by atoms with E-state index in [0.29, 0.717) is 0 Å². The molecule has 1 atom stereocenters. The monoisotopic (exact) mass is 168 g/mol. The number of hydrogen-bond acceptors (Lipinski definition) is 0. The predicted octanol–water partition coefficient (Wildman–Crippen LogP) is 3.56. The van der Waals surface area contributed by atoms with Crippen molar-refractivity contribution in [1.82, 2.24) is 0 Å². The third kappa shape index (κ3) is 4.27. The van der Waals surface area contributed by atoms with Gasteiger partial charge in [-0.2, -0.15) is 0 Å². The van der Waals surface area contributed by atoms with Crippen molar-refractivity contribution < 1.29 is 13.2 Å². The van der Waals surface area contributed by atoms with Gasteiger partial charge >= 0.3 is 0 Å². The maximum absolute atomic E-state index is 13.0. The normalized spacial score (nSPS) is 18.0. The van der Waals surface area contributed by atoms with Gasteiger partial charge in [0, 0.05) is 12.8 Å². The molecule has 0 rings (SSSR count). The molecule has 0 saturated carbocycles. The van der Waals surface area contributed by atoms with E-state index in [1.165, 1.54) is 13.8 Å². The summed E-state index contributed by atoms with van der Waals surface area (Å²) in [6, 6.07) is 0. The molecular formula is C8H15F3. The molecule has 0 radical (unpaired) electrons. The van der Waals surface area contributed by atoms with Gasteiger partial charge < -0.3 is 0 Å². The Balaban J connectivity index is 4.02. The van der Waals surface area contributed by atoms with E-state index in [0.717, 1.165) is 0 Å². The summed E-state index contributed by atoms with van der Waals surface area (Å²) in [7, 11) is 0. The lowest BCUT2D eigenvalue weighted by Crippen LogP contribution is -2.28. The Morgan fingerprint density at radius 2 is 1.45 bits per heavy atom. The molecule has 0 aliphatic rings. The molecule has 3 heteroatoms. The van der Waals surface area contributed by atoms with Crippen molar-refractivity contribution in [1.29, 1.82) is 0 Å². The van der Waals surface area contributed by atoms with Crippen molar-refractivity contribution in [3.63, 3.8) is 0 Å². The average Bonchev–Trinajstić information content (AvgIpc) is 1.86. The van der Waals surface area contributed by atoms with Crippen molar-refractivity contribution in [2.75, 3.05) is 0 Å². The molecule has 0 fully saturated rings. The van der Waals surface area contributed by atoms with Crippen LogP contribution >= 0.6 is 0 Å². The fourth-order valence-electron chi connectivity index (χ4n) is 0.789. The first-order valence-corrected chi connectivity index (χ1v) is 3.90. The highest BCUT2D eigenvalue weighted by atomic mass is 19.3. The molecule has 0 aromatic carbocycles. The lowest BCUT2D eigenvalue weighted by atomic mass is 9.96. The zero-order chi connectivity index (χ0) is 9.12. The summed E-state index contributed by atoms with van der Waals surface area (Å²) in [5.41, 5.74) is -1.72. The Morgan fingerprint density at radius 3 is 1.73 bits per heavy atom. The van der Waals surface area contributed by atoms with Gasteiger partial charge in [0.2, 0.25) is 0 Å². The van der Waals surface area contributed by atoms with E-state index in [-0.39, 0.29) is 12.8 Å². The lowest BCUT2D eigenvalue weighted by molar-refractivity contribution is -0.0556. The second-order valence-corrected chi connectivity index (χ2v) is 3.15. The first-order chi connectivity index (χ1) is 4.83. The van der Waals surface area contributed by atoms with Gasteiger partial charge in [0.25, 0.3) is 5.92 Å². The van der Waals surface area contributed by atoms with Gasteiger partial charge in [0.05, 0.1) is 0 Å². The van der Waals surface area contributed by atoms with Crippen molar-refractivity contribution in [2.24, 2.45) is 0 Å². The molecule has 0 nitrogen and oxygen atoms in total. The zero-order valence-corrected chi connectivity index (χ0v) is 7.26. The van der Waals surface area contributed by atoms with Crippen molar-refractivity contribution in [3.05, 3.63) is 0 Å². The van der Waals surface area contributed by atoms with Crippen molar-refractivity contribution in [2.45, 2.75) is 51.6 Å². The molecule has 0 spiro atoms. The molecule has 0 heterocycles. The Hall–Kier alpha value is -0.210. The van der Waals surface area contributed by atoms with Crippen molar-refractivity contribution in [3.8, 4) is 0 Å². The molecule has 0 aliphatic heterocycles. The molecule has 0 saturated heterocycles. The van der Waals surface area contributed by atoms with E-state index in [4.69, 9.17) is 0 Å². The fourth-order valence-corrected chi connectivity index (χ4v) is 0.789. The van der Waals surface area contributed by atoms with Crippen LogP contribution < -0.4 is 0 Å². The SMILES string of the molecule is CCC(C)(F)CC(F)(F)CC. The molecule has 0 N–H and O–H groups in total. The van der Waals surface area contributed by atoms with Gasteiger partial charge in [-0.05, 0) is 13.3 Å². The van der Waals surface area contributed by atoms with E-state index in [2.05, 4.69) is 0 Å². The zero-order valence-electron chi connectivity index (χ0n) is 7.26. The van der Waals surface area contributed by atoms with E-state index in [1.807, 2.05) is 0 Å². The minimum absolute atomic E-state index is 0.141. The topological polar surface area (TPSA) is 0 Å². The van der Waals surface area contributed by atoms with Crippen LogP contribution in [0.15, 0.2) is 0 Å². The minimum atomic E-state index is -2.85. The van der Waals surface area contributed by atoms with Crippen LogP contribution in [0.25, 0.3) is 0 Å². The molecule has 0 aliphatic carbocycles. The maximum atomic E-state index is 13.0. The highest BCUT2D eigenvalue weighted by Gasteiger charge is 2.36. The molecule has 0 aromatic heterocycles. The predicted molar refractivity (Wildman–Crippen MR) is 39.7 cm³/mol. The van der Waals surface area contributed by atoms with Crippen LogP contribution in [0.4, 0.5) is 13.2 Å². The summed E-state index contributed by atoms with van der Waals surface area (Å²) in [4.78, 5) is 0. The highest BCUT2D eigenvalue weighted by molar-refractivity contribution is 4.79. The Morgan fingerprint density at radius 1 is 1.00 bits per heavy atom. The van der Waals surface area contributed by atoms with Crippen LogP contribution in [0.5, 0.6) is 0 Å². The van der Waals surface area contributed by atoms with E-state index in [9.17, 15) is 13.2 Å². The lowest BCUT2D eigenvalue weighted by Gasteiger charge is -2.23. The molecule has 68 valence electrons. The van der Waals surface area contributed by atoms with Crippen LogP contribution in [0.3, 0.4) is 0 Å². The standard InChI is InChI=1S/C8H15F3/c1-4-7(3,9)6-8(10,11)5-2/h4-6H2,1-3H3. The molecular weight excluding hydrogens is 153 g/mol. The summed E-state index contributed by atoms with van der Waals surface area (Å²) in [5, 5.41) is 0. The van der Waals surface area contributed by atoms with Gasteiger partial charge in [-0.1, -0.05) is 13.8 Å². The largest absolute Gasteiger partial charge is 0.250 e. The summed E-state index contributed by atoms with van der Waals surface area (Å²) >= 11 is 0. The first kappa shape index (κ1) is 10.8. The maximum Gasteiger partial charge on any atom is 0.250 e. The molecule has 0 amide bonds. The number of hydrogen-bond donors (Lipinski definition) is 0. The molecule has 1 unspecified atom stereocenters.